The first-order valence-electron chi connectivity index (χ1n) is 13.5. The molecule has 0 saturated carbocycles. The standard InChI is InChI=1S/C33H34N6O2/c1-19-9-12-27(14-22(19)4)38-32(40)29(24(6)36-38)17-34-26-11-8-21(3)31(16-26)35-18-30-25(7)37-39(33(30)41)28-13-10-20(2)23(5)15-28/h8-18,36-37H,1-7H3. The predicted molar refractivity (Wildman–Crippen MR) is 167 cm³/mol. The smallest absolute Gasteiger partial charge is 0.280 e. The van der Waals surface area contributed by atoms with Crippen molar-refractivity contribution in [3.05, 3.63) is 126 Å². The highest BCUT2D eigenvalue weighted by Crippen LogP contribution is 2.25. The zero-order valence-electron chi connectivity index (χ0n) is 24.5. The highest BCUT2D eigenvalue weighted by atomic mass is 16.1. The fourth-order valence-electron chi connectivity index (χ4n) is 4.61. The molecule has 0 spiro atoms. The number of aryl methyl sites for hydroxylation is 7. The zero-order valence-corrected chi connectivity index (χ0v) is 24.5. The van der Waals surface area contributed by atoms with Crippen LogP contribution in [0, 0.1) is 48.5 Å². The average Bonchev–Trinajstić information content (AvgIpc) is 3.39. The van der Waals surface area contributed by atoms with Crippen molar-refractivity contribution in [1.29, 1.82) is 0 Å². The molecular formula is C33H34N6O2. The number of nitrogens with one attached hydrogen (secondary N) is 2. The Bertz CT molecular complexity index is 1960. The largest absolute Gasteiger partial charge is 0.295 e. The van der Waals surface area contributed by atoms with Crippen LogP contribution in [0.5, 0.6) is 0 Å². The molecule has 0 aliphatic rings. The van der Waals surface area contributed by atoms with Crippen molar-refractivity contribution in [2.24, 2.45) is 9.98 Å². The molecule has 0 amide bonds. The van der Waals surface area contributed by atoms with Gasteiger partial charge in [-0.05, 0) is 113 Å². The van der Waals surface area contributed by atoms with E-state index in [1.165, 1.54) is 15.8 Å². The van der Waals surface area contributed by atoms with Crippen molar-refractivity contribution in [3.8, 4) is 11.4 Å². The van der Waals surface area contributed by atoms with Gasteiger partial charge in [-0.3, -0.25) is 29.8 Å². The van der Waals surface area contributed by atoms with Crippen molar-refractivity contribution >= 4 is 23.8 Å². The summed E-state index contributed by atoms with van der Waals surface area (Å²) in [4.78, 5) is 35.6. The predicted octanol–water partition coefficient (Wildman–Crippen LogP) is 6.30. The van der Waals surface area contributed by atoms with E-state index in [-0.39, 0.29) is 11.1 Å². The molecule has 2 N–H and O–H groups in total. The fourth-order valence-corrected chi connectivity index (χ4v) is 4.61. The van der Waals surface area contributed by atoms with Crippen LogP contribution in [0.4, 0.5) is 11.4 Å². The molecule has 208 valence electrons. The van der Waals surface area contributed by atoms with E-state index in [2.05, 4.69) is 20.2 Å². The van der Waals surface area contributed by atoms with Crippen LogP contribution in [0.2, 0.25) is 0 Å². The van der Waals surface area contributed by atoms with Crippen LogP contribution in [0.15, 0.2) is 74.2 Å². The minimum atomic E-state index is -0.164. The SMILES string of the molecule is Cc1ccc(-n2[nH]c(C)c(C=Nc3ccc(C)c(N=Cc4c(C)[nH]n(-c5ccc(C)c(C)c5)c4=O)c3)c2=O)cc1C. The fraction of sp³-hybridized carbons (Fsp3) is 0.212. The molecule has 0 atom stereocenters. The molecule has 0 bridgehead atoms. The number of aromatic amines is 2. The van der Waals surface area contributed by atoms with Crippen molar-refractivity contribution in [3.63, 3.8) is 0 Å². The minimum absolute atomic E-state index is 0.163. The van der Waals surface area contributed by atoms with Gasteiger partial charge < -0.3 is 0 Å². The molecule has 0 radical (unpaired) electrons. The topological polar surface area (TPSA) is 100 Å². The van der Waals surface area contributed by atoms with Crippen LogP contribution < -0.4 is 11.1 Å². The normalized spacial score (nSPS) is 11.8. The molecule has 0 aliphatic heterocycles. The Morgan fingerprint density at radius 3 is 1.51 bits per heavy atom. The van der Waals surface area contributed by atoms with Crippen molar-refractivity contribution in [1.82, 2.24) is 19.6 Å². The maximum Gasteiger partial charge on any atom is 0.280 e. The summed E-state index contributed by atoms with van der Waals surface area (Å²) in [5.41, 5.74) is 10.5. The molecule has 2 heterocycles. The average molecular weight is 547 g/mol. The first kappa shape index (κ1) is 27.6. The van der Waals surface area contributed by atoms with Crippen LogP contribution in [0.25, 0.3) is 11.4 Å². The maximum atomic E-state index is 13.2. The third kappa shape index (κ3) is 5.41. The molecule has 2 aromatic heterocycles. The first-order valence-corrected chi connectivity index (χ1v) is 13.5. The van der Waals surface area contributed by atoms with E-state index in [0.717, 1.165) is 39.5 Å². The molecule has 0 saturated heterocycles. The second-order valence-corrected chi connectivity index (χ2v) is 10.6. The van der Waals surface area contributed by atoms with E-state index in [0.29, 0.717) is 22.5 Å². The van der Waals surface area contributed by atoms with Gasteiger partial charge in [-0.2, -0.15) is 0 Å². The van der Waals surface area contributed by atoms with E-state index in [4.69, 9.17) is 0 Å². The van der Waals surface area contributed by atoms with Gasteiger partial charge in [-0.25, -0.2) is 9.36 Å². The minimum Gasteiger partial charge on any atom is -0.295 e. The summed E-state index contributed by atoms with van der Waals surface area (Å²) >= 11 is 0. The van der Waals surface area contributed by atoms with Crippen LogP contribution in [-0.4, -0.2) is 32.0 Å². The third-order valence-electron chi connectivity index (χ3n) is 7.60. The van der Waals surface area contributed by atoms with Gasteiger partial charge in [-0.15, -0.1) is 0 Å². The molecule has 5 aromatic rings. The molecule has 0 fully saturated rings. The molecule has 8 heteroatoms. The number of benzene rings is 3. The van der Waals surface area contributed by atoms with E-state index < -0.39 is 0 Å². The Hall–Kier alpha value is -4.98. The number of nitrogens with zero attached hydrogens (tertiary/aromatic N) is 4. The van der Waals surface area contributed by atoms with Gasteiger partial charge in [0.25, 0.3) is 11.1 Å². The lowest BCUT2D eigenvalue weighted by Crippen LogP contribution is -2.17. The summed E-state index contributed by atoms with van der Waals surface area (Å²) in [5.74, 6) is 0. The van der Waals surface area contributed by atoms with Crippen molar-refractivity contribution < 1.29 is 0 Å². The summed E-state index contributed by atoms with van der Waals surface area (Å²) in [6.07, 6.45) is 3.18. The van der Waals surface area contributed by atoms with E-state index in [1.54, 1.807) is 17.1 Å². The van der Waals surface area contributed by atoms with Crippen molar-refractivity contribution in [2.45, 2.75) is 48.5 Å². The highest BCUT2D eigenvalue weighted by molar-refractivity contribution is 5.85. The number of aromatic nitrogens is 4. The third-order valence-corrected chi connectivity index (χ3v) is 7.60. The molecule has 8 nitrogen and oxygen atoms in total. The van der Waals surface area contributed by atoms with Gasteiger partial charge in [0, 0.05) is 23.8 Å². The van der Waals surface area contributed by atoms with Gasteiger partial charge in [-0.1, -0.05) is 18.2 Å². The molecule has 41 heavy (non-hydrogen) atoms. The van der Waals surface area contributed by atoms with Crippen LogP contribution in [0.3, 0.4) is 0 Å². The number of H-pyrrole nitrogens is 2. The monoisotopic (exact) mass is 546 g/mol. The maximum absolute atomic E-state index is 13.2. The molecule has 0 unspecified atom stereocenters. The molecular weight excluding hydrogens is 512 g/mol. The second-order valence-electron chi connectivity index (χ2n) is 10.6. The van der Waals surface area contributed by atoms with Gasteiger partial charge in [0.15, 0.2) is 0 Å². The summed E-state index contributed by atoms with van der Waals surface area (Å²) in [6, 6.07) is 17.5. The number of hydrogen-bond acceptors (Lipinski definition) is 4. The number of aliphatic imine (C=N–C) groups is 2. The summed E-state index contributed by atoms with van der Waals surface area (Å²) < 4.78 is 3.08. The Balaban J connectivity index is 1.42. The van der Waals surface area contributed by atoms with Gasteiger partial charge in [0.1, 0.15) is 0 Å². The summed E-state index contributed by atoms with van der Waals surface area (Å²) in [6.45, 7) is 13.8. The van der Waals surface area contributed by atoms with Gasteiger partial charge >= 0.3 is 0 Å². The Morgan fingerprint density at radius 2 is 1.02 bits per heavy atom. The molecule has 3 aromatic carbocycles. The van der Waals surface area contributed by atoms with E-state index >= 15 is 0 Å². The quantitative estimate of drug-likeness (QED) is 0.244. The van der Waals surface area contributed by atoms with Crippen LogP contribution in [0.1, 0.15) is 50.3 Å². The summed E-state index contributed by atoms with van der Waals surface area (Å²) in [7, 11) is 0. The Kier molecular flexibility index (Phi) is 7.32. The zero-order chi connectivity index (χ0) is 29.4. The molecule has 0 aliphatic carbocycles. The second kappa shape index (κ2) is 10.9. The number of rotatable bonds is 6. The van der Waals surface area contributed by atoms with E-state index in [9.17, 15) is 9.59 Å². The lowest BCUT2D eigenvalue weighted by Gasteiger charge is -2.05. The van der Waals surface area contributed by atoms with Gasteiger partial charge in [0.05, 0.1) is 33.9 Å². The first-order chi connectivity index (χ1) is 19.5. The Labute approximate surface area is 238 Å². The van der Waals surface area contributed by atoms with E-state index in [1.807, 2.05) is 103 Å². The lowest BCUT2D eigenvalue weighted by atomic mass is 10.1. The van der Waals surface area contributed by atoms with Crippen LogP contribution >= 0.6 is 0 Å². The van der Waals surface area contributed by atoms with Gasteiger partial charge in [0.2, 0.25) is 0 Å². The lowest BCUT2D eigenvalue weighted by molar-refractivity contribution is 0.833. The summed E-state index contributed by atoms with van der Waals surface area (Å²) in [5, 5.41) is 6.32. The Morgan fingerprint density at radius 1 is 0.561 bits per heavy atom. The van der Waals surface area contributed by atoms with Crippen LogP contribution in [-0.2, 0) is 0 Å². The number of hydrogen-bond donors (Lipinski definition) is 2. The van der Waals surface area contributed by atoms with Crippen molar-refractivity contribution in [2.75, 3.05) is 0 Å². The molecule has 5 rings (SSSR count). The highest BCUT2D eigenvalue weighted by Gasteiger charge is 2.13.